The highest BCUT2D eigenvalue weighted by atomic mass is 16.3. The predicted molar refractivity (Wildman–Crippen MR) is 62.8 cm³/mol. The molecule has 0 bridgehead atoms. The molecule has 0 saturated heterocycles. The summed E-state index contributed by atoms with van der Waals surface area (Å²) in [4.78, 5) is 11.6. The van der Waals surface area contributed by atoms with Crippen molar-refractivity contribution < 1.29 is 15.0 Å². The number of rotatable bonds is 7. The van der Waals surface area contributed by atoms with Crippen molar-refractivity contribution in [3.05, 3.63) is 0 Å². The Kier molecular flexibility index (Phi) is 5.92. The minimum absolute atomic E-state index is 0.191. The second-order valence-corrected chi connectivity index (χ2v) is 4.99. The highest BCUT2D eigenvalue weighted by Crippen LogP contribution is 2.11. The maximum Gasteiger partial charge on any atom is 0.220 e. The standard InChI is InChI=1S/C11H24N2O3/c1-4-11(7-14,8-15)13-9(16)5-6-10(2,3)12/h14-15H,4-8,12H2,1-3H3,(H,13,16). The summed E-state index contributed by atoms with van der Waals surface area (Å²) in [5, 5.41) is 21.0. The van der Waals surface area contributed by atoms with Crippen LogP contribution in [0.5, 0.6) is 0 Å². The van der Waals surface area contributed by atoms with Gasteiger partial charge in [-0.2, -0.15) is 0 Å². The van der Waals surface area contributed by atoms with Crippen molar-refractivity contribution in [1.82, 2.24) is 5.32 Å². The average Bonchev–Trinajstić information content (AvgIpc) is 2.22. The molecule has 0 saturated carbocycles. The Morgan fingerprint density at radius 1 is 1.31 bits per heavy atom. The zero-order valence-electron chi connectivity index (χ0n) is 10.4. The number of hydrogen-bond acceptors (Lipinski definition) is 4. The smallest absolute Gasteiger partial charge is 0.220 e. The molecule has 0 unspecified atom stereocenters. The number of amides is 1. The number of aliphatic hydroxyl groups excluding tert-OH is 2. The van der Waals surface area contributed by atoms with E-state index in [1.165, 1.54) is 0 Å². The van der Waals surface area contributed by atoms with Gasteiger partial charge in [-0.25, -0.2) is 0 Å². The fourth-order valence-corrected chi connectivity index (χ4v) is 1.24. The third-order valence-corrected chi connectivity index (χ3v) is 2.68. The van der Waals surface area contributed by atoms with Crippen LogP contribution in [0.4, 0.5) is 0 Å². The summed E-state index contributed by atoms with van der Waals surface area (Å²) < 4.78 is 0. The SMILES string of the molecule is CCC(CO)(CO)NC(=O)CCC(C)(C)N. The van der Waals surface area contributed by atoms with E-state index in [1.54, 1.807) is 6.92 Å². The lowest BCUT2D eigenvalue weighted by Gasteiger charge is -2.30. The van der Waals surface area contributed by atoms with Gasteiger partial charge in [0.25, 0.3) is 0 Å². The van der Waals surface area contributed by atoms with Gasteiger partial charge < -0.3 is 21.3 Å². The Labute approximate surface area is 97.0 Å². The molecule has 0 aliphatic carbocycles. The third-order valence-electron chi connectivity index (χ3n) is 2.68. The Morgan fingerprint density at radius 3 is 2.12 bits per heavy atom. The summed E-state index contributed by atoms with van der Waals surface area (Å²) in [6.45, 7) is 4.98. The normalized spacial score (nSPS) is 12.6. The van der Waals surface area contributed by atoms with E-state index >= 15 is 0 Å². The lowest BCUT2D eigenvalue weighted by molar-refractivity contribution is -0.124. The van der Waals surface area contributed by atoms with Crippen LogP contribution in [0.1, 0.15) is 40.0 Å². The Balaban J connectivity index is 4.21. The fraction of sp³-hybridized carbons (Fsp3) is 0.909. The molecule has 96 valence electrons. The van der Waals surface area contributed by atoms with E-state index in [9.17, 15) is 4.79 Å². The van der Waals surface area contributed by atoms with Gasteiger partial charge in [0.05, 0.1) is 18.8 Å². The van der Waals surface area contributed by atoms with E-state index in [1.807, 2.05) is 13.8 Å². The lowest BCUT2D eigenvalue weighted by Crippen LogP contribution is -2.54. The quantitative estimate of drug-likeness (QED) is 0.487. The summed E-state index contributed by atoms with van der Waals surface area (Å²) in [5.41, 5.74) is 4.48. The zero-order chi connectivity index (χ0) is 12.8. The van der Waals surface area contributed by atoms with Crippen molar-refractivity contribution in [2.24, 2.45) is 5.73 Å². The first-order valence-corrected chi connectivity index (χ1v) is 5.60. The largest absolute Gasteiger partial charge is 0.394 e. The van der Waals surface area contributed by atoms with Gasteiger partial charge in [-0.05, 0) is 26.7 Å². The van der Waals surface area contributed by atoms with Crippen molar-refractivity contribution in [1.29, 1.82) is 0 Å². The molecule has 0 aliphatic heterocycles. The number of hydrogen-bond donors (Lipinski definition) is 4. The average molecular weight is 232 g/mol. The second kappa shape index (κ2) is 6.18. The van der Waals surface area contributed by atoms with Gasteiger partial charge in [-0.1, -0.05) is 6.92 Å². The molecule has 0 aromatic rings. The summed E-state index contributed by atoms with van der Waals surface area (Å²) in [7, 11) is 0. The van der Waals surface area contributed by atoms with E-state index in [4.69, 9.17) is 15.9 Å². The van der Waals surface area contributed by atoms with Crippen LogP contribution in [0.3, 0.4) is 0 Å². The maximum atomic E-state index is 11.6. The van der Waals surface area contributed by atoms with Crippen molar-refractivity contribution >= 4 is 5.91 Å². The van der Waals surface area contributed by atoms with Crippen molar-refractivity contribution in [2.75, 3.05) is 13.2 Å². The molecule has 0 aromatic carbocycles. The molecule has 5 heteroatoms. The first kappa shape index (κ1) is 15.3. The first-order chi connectivity index (χ1) is 7.28. The van der Waals surface area contributed by atoms with Crippen LogP contribution >= 0.6 is 0 Å². The molecule has 5 nitrogen and oxygen atoms in total. The van der Waals surface area contributed by atoms with E-state index in [2.05, 4.69) is 5.32 Å². The molecule has 0 atom stereocenters. The van der Waals surface area contributed by atoms with Crippen molar-refractivity contribution in [3.63, 3.8) is 0 Å². The summed E-state index contributed by atoms with van der Waals surface area (Å²) in [5.74, 6) is -0.191. The van der Waals surface area contributed by atoms with Gasteiger partial charge in [-0.3, -0.25) is 4.79 Å². The number of nitrogens with one attached hydrogen (secondary N) is 1. The molecule has 16 heavy (non-hydrogen) atoms. The van der Waals surface area contributed by atoms with E-state index in [0.29, 0.717) is 19.3 Å². The van der Waals surface area contributed by atoms with Crippen LogP contribution in [0, 0.1) is 0 Å². The number of aliphatic hydroxyl groups is 2. The highest BCUT2D eigenvalue weighted by Gasteiger charge is 2.28. The third kappa shape index (κ3) is 5.44. The predicted octanol–water partition coefficient (Wildman–Crippen LogP) is -0.246. The van der Waals surface area contributed by atoms with Crippen molar-refractivity contribution in [3.8, 4) is 0 Å². The maximum absolute atomic E-state index is 11.6. The molecule has 0 rings (SSSR count). The van der Waals surface area contributed by atoms with Crippen LogP contribution in [0.15, 0.2) is 0 Å². The van der Waals surface area contributed by atoms with E-state index in [0.717, 1.165) is 0 Å². The zero-order valence-corrected chi connectivity index (χ0v) is 10.4. The van der Waals surface area contributed by atoms with Crippen molar-refractivity contribution in [2.45, 2.75) is 51.1 Å². The minimum atomic E-state index is -0.907. The van der Waals surface area contributed by atoms with E-state index in [-0.39, 0.29) is 24.7 Å². The summed E-state index contributed by atoms with van der Waals surface area (Å²) >= 11 is 0. The number of nitrogens with two attached hydrogens (primary N) is 1. The fourth-order valence-electron chi connectivity index (χ4n) is 1.24. The number of carbonyl (C=O) groups excluding carboxylic acids is 1. The Hall–Kier alpha value is -0.650. The Bertz CT molecular complexity index is 211. The lowest BCUT2D eigenvalue weighted by atomic mass is 9.96. The molecule has 0 aromatic heterocycles. The van der Waals surface area contributed by atoms with E-state index < -0.39 is 5.54 Å². The van der Waals surface area contributed by atoms with Gasteiger partial charge >= 0.3 is 0 Å². The molecule has 1 amide bonds. The van der Waals surface area contributed by atoms with Gasteiger partial charge in [0.2, 0.25) is 5.91 Å². The van der Waals surface area contributed by atoms with Crippen LogP contribution in [0.25, 0.3) is 0 Å². The molecule has 0 radical (unpaired) electrons. The Morgan fingerprint density at radius 2 is 1.81 bits per heavy atom. The molecule has 0 spiro atoms. The van der Waals surface area contributed by atoms with Gasteiger partial charge in [0, 0.05) is 12.0 Å². The molecule has 0 heterocycles. The number of carbonyl (C=O) groups is 1. The molecule has 0 aliphatic rings. The molecule has 5 N–H and O–H groups in total. The second-order valence-electron chi connectivity index (χ2n) is 4.99. The van der Waals surface area contributed by atoms with Gasteiger partial charge in [0.15, 0.2) is 0 Å². The monoisotopic (exact) mass is 232 g/mol. The first-order valence-electron chi connectivity index (χ1n) is 5.60. The molecular formula is C11H24N2O3. The van der Waals surface area contributed by atoms with Crippen LogP contribution in [-0.2, 0) is 4.79 Å². The highest BCUT2D eigenvalue weighted by molar-refractivity contribution is 5.76. The van der Waals surface area contributed by atoms with Crippen LogP contribution in [0.2, 0.25) is 0 Å². The van der Waals surface area contributed by atoms with Crippen LogP contribution in [-0.4, -0.2) is 40.4 Å². The minimum Gasteiger partial charge on any atom is -0.394 e. The summed E-state index contributed by atoms with van der Waals surface area (Å²) in [6.07, 6.45) is 1.35. The van der Waals surface area contributed by atoms with Gasteiger partial charge in [-0.15, -0.1) is 0 Å². The molecular weight excluding hydrogens is 208 g/mol. The van der Waals surface area contributed by atoms with Gasteiger partial charge in [0.1, 0.15) is 0 Å². The molecule has 0 fully saturated rings. The topological polar surface area (TPSA) is 95.6 Å². The van der Waals surface area contributed by atoms with Crippen LogP contribution < -0.4 is 11.1 Å². The summed E-state index contributed by atoms with van der Waals surface area (Å²) in [6, 6.07) is 0.